The van der Waals surface area contributed by atoms with Gasteiger partial charge in [-0.1, -0.05) is 0 Å². The van der Waals surface area contributed by atoms with E-state index in [0.29, 0.717) is 13.2 Å². The van der Waals surface area contributed by atoms with Crippen molar-refractivity contribution in [3.8, 4) is 0 Å². The van der Waals surface area contributed by atoms with Gasteiger partial charge in [0.15, 0.2) is 0 Å². The summed E-state index contributed by atoms with van der Waals surface area (Å²) in [5.74, 6) is 0. The highest BCUT2D eigenvalue weighted by Crippen LogP contribution is 2.18. The molecule has 0 aliphatic heterocycles. The number of carbonyl (C=O) groups is 2. The summed E-state index contributed by atoms with van der Waals surface area (Å²) < 4.78 is 9.66. The minimum atomic E-state index is -0.362. The summed E-state index contributed by atoms with van der Waals surface area (Å²) in [6.07, 6.45) is 2.65. The molecule has 0 radical (unpaired) electrons. The Bertz CT molecular complexity index is 247. The number of carbonyl (C=O) groups excluding carboxylic acids is 2. The lowest BCUT2D eigenvalue weighted by Crippen LogP contribution is -2.44. The molecule has 0 spiro atoms. The Morgan fingerprint density at radius 3 is 1.50 bits per heavy atom. The van der Waals surface area contributed by atoms with Crippen molar-refractivity contribution in [2.24, 2.45) is 0 Å². The van der Waals surface area contributed by atoms with Crippen LogP contribution in [0.4, 0.5) is 9.59 Å². The van der Waals surface area contributed by atoms with Gasteiger partial charge in [-0.25, -0.2) is 9.59 Å². The van der Waals surface area contributed by atoms with Crippen molar-refractivity contribution in [3.63, 3.8) is 0 Å². The van der Waals surface area contributed by atoms with Gasteiger partial charge in [0.05, 0.1) is 13.2 Å². The van der Waals surface area contributed by atoms with Crippen LogP contribution >= 0.6 is 0 Å². The van der Waals surface area contributed by atoms with Crippen LogP contribution in [0, 0.1) is 0 Å². The molecule has 0 atom stereocenters. The fourth-order valence-corrected chi connectivity index (χ4v) is 2.06. The number of nitrogens with one attached hydrogen (secondary N) is 2. The van der Waals surface area contributed by atoms with E-state index >= 15 is 0 Å². The van der Waals surface area contributed by atoms with E-state index in [4.69, 9.17) is 9.47 Å². The highest BCUT2D eigenvalue weighted by atomic mass is 16.6. The van der Waals surface area contributed by atoms with Gasteiger partial charge in [-0.3, -0.25) is 0 Å². The van der Waals surface area contributed by atoms with Crippen LogP contribution in [-0.2, 0) is 9.47 Å². The number of rotatable bonds is 4. The first-order chi connectivity index (χ1) is 8.65. The number of alkyl carbamates (subject to hydrolysis) is 2. The Labute approximate surface area is 107 Å². The van der Waals surface area contributed by atoms with E-state index in [1.165, 1.54) is 0 Å². The summed E-state index contributed by atoms with van der Waals surface area (Å²) in [6, 6.07) is 0.286. The van der Waals surface area contributed by atoms with Gasteiger partial charge in [-0.05, 0) is 39.5 Å². The maximum absolute atomic E-state index is 11.2. The molecular weight excluding hydrogens is 236 g/mol. The normalized spacial score (nSPS) is 23.0. The lowest BCUT2D eigenvalue weighted by atomic mass is 9.91. The number of hydrogen-bond acceptors (Lipinski definition) is 4. The predicted molar refractivity (Wildman–Crippen MR) is 66.4 cm³/mol. The zero-order valence-corrected chi connectivity index (χ0v) is 11.0. The third kappa shape index (κ3) is 5.25. The van der Waals surface area contributed by atoms with Crippen LogP contribution in [0.25, 0.3) is 0 Å². The first-order valence-corrected chi connectivity index (χ1v) is 6.52. The topological polar surface area (TPSA) is 76.7 Å². The van der Waals surface area contributed by atoms with E-state index in [0.717, 1.165) is 25.7 Å². The second-order valence-corrected chi connectivity index (χ2v) is 4.28. The lowest BCUT2D eigenvalue weighted by Gasteiger charge is -2.29. The molecule has 0 saturated heterocycles. The lowest BCUT2D eigenvalue weighted by molar-refractivity contribution is 0.136. The summed E-state index contributed by atoms with van der Waals surface area (Å²) in [7, 11) is 0. The second kappa shape index (κ2) is 7.79. The van der Waals surface area contributed by atoms with Crippen molar-refractivity contribution in [3.05, 3.63) is 0 Å². The van der Waals surface area contributed by atoms with Gasteiger partial charge in [0.1, 0.15) is 0 Å². The van der Waals surface area contributed by atoms with E-state index in [9.17, 15) is 9.59 Å². The van der Waals surface area contributed by atoms with Gasteiger partial charge in [-0.2, -0.15) is 0 Å². The quantitative estimate of drug-likeness (QED) is 0.806. The van der Waals surface area contributed by atoms with Crippen molar-refractivity contribution in [2.45, 2.75) is 51.6 Å². The molecule has 18 heavy (non-hydrogen) atoms. The summed E-state index contributed by atoms with van der Waals surface area (Å²) in [4.78, 5) is 22.5. The summed E-state index contributed by atoms with van der Waals surface area (Å²) in [6.45, 7) is 4.32. The van der Waals surface area contributed by atoms with E-state index < -0.39 is 0 Å². The molecule has 6 nitrogen and oxygen atoms in total. The van der Waals surface area contributed by atoms with Crippen molar-refractivity contribution >= 4 is 12.2 Å². The third-order valence-electron chi connectivity index (χ3n) is 2.92. The average molecular weight is 258 g/mol. The van der Waals surface area contributed by atoms with E-state index in [2.05, 4.69) is 10.6 Å². The molecule has 104 valence electrons. The minimum absolute atomic E-state index is 0.143. The van der Waals surface area contributed by atoms with E-state index in [1.807, 2.05) is 0 Å². The zero-order valence-electron chi connectivity index (χ0n) is 11.0. The molecule has 1 aliphatic rings. The molecule has 1 aliphatic carbocycles. The SMILES string of the molecule is CCOC(=O)N[C@H]1CC[C@H](NC(=O)OCC)CC1. The maximum Gasteiger partial charge on any atom is 0.407 e. The fourth-order valence-electron chi connectivity index (χ4n) is 2.06. The number of ether oxygens (including phenoxy) is 2. The van der Waals surface area contributed by atoms with Crippen LogP contribution < -0.4 is 10.6 Å². The first-order valence-electron chi connectivity index (χ1n) is 6.52. The van der Waals surface area contributed by atoms with Crippen LogP contribution in [-0.4, -0.2) is 37.5 Å². The Morgan fingerprint density at radius 1 is 0.889 bits per heavy atom. The van der Waals surface area contributed by atoms with E-state index in [-0.39, 0.29) is 24.3 Å². The van der Waals surface area contributed by atoms with Crippen LogP contribution in [0.3, 0.4) is 0 Å². The van der Waals surface area contributed by atoms with Crippen LogP contribution in [0.1, 0.15) is 39.5 Å². The highest BCUT2D eigenvalue weighted by molar-refractivity contribution is 5.68. The Morgan fingerprint density at radius 2 is 1.22 bits per heavy atom. The number of amides is 2. The Kier molecular flexibility index (Phi) is 6.32. The van der Waals surface area contributed by atoms with Crippen LogP contribution in [0.15, 0.2) is 0 Å². The van der Waals surface area contributed by atoms with Crippen molar-refractivity contribution in [1.29, 1.82) is 0 Å². The predicted octanol–water partition coefficient (Wildman–Crippen LogP) is 1.79. The highest BCUT2D eigenvalue weighted by Gasteiger charge is 2.23. The maximum atomic E-state index is 11.2. The van der Waals surface area contributed by atoms with Gasteiger partial charge in [0.25, 0.3) is 0 Å². The van der Waals surface area contributed by atoms with Crippen molar-refractivity contribution < 1.29 is 19.1 Å². The van der Waals surface area contributed by atoms with Crippen molar-refractivity contribution in [2.75, 3.05) is 13.2 Å². The molecule has 2 amide bonds. The van der Waals surface area contributed by atoms with E-state index in [1.54, 1.807) is 13.8 Å². The molecule has 2 N–H and O–H groups in total. The Hall–Kier alpha value is -1.46. The molecule has 0 bridgehead atoms. The zero-order chi connectivity index (χ0) is 13.4. The Balaban J connectivity index is 2.20. The number of hydrogen-bond donors (Lipinski definition) is 2. The van der Waals surface area contributed by atoms with Gasteiger partial charge in [0, 0.05) is 12.1 Å². The van der Waals surface area contributed by atoms with Gasteiger partial charge in [0.2, 0.25) is 0 Å². The standard InChI is InChI=1S/C12H22N2O4/c1-3-17-11(15)13-9-5-7-10(8-6-9)14-12(16)18-4-2/h9-10H,3-8H2,1-2H3,(H,13,15)(H,14,16)/t9-,10-. The molecule has 1 rings (SSSR count). The summed E-state index contributed by atoms with van der Waals surface area (Å²) in [5.41, 5.74) is 0. The molecule has 1 fully saturated rings. The molecular formula is C12H22N2O4. The molecule has 0 aromatic heterocycles. The van der Waals surface area contributed by atoms with Crippen molar-refractivity contribution in [1.82, 2.24) is 10.6 Å². The molecule has 0 aromatic rings. The summed E-state index contributed by atoms with van der Waals surface area (Å²) in [5, 5.41) is 5.63. The smallest absolute Gasteiger partial charge is 0.407 e. The van der Waals surface area contributed by atoms with Crippen LogP contribution in [0.5, 0.6) is 0 Å². The van der Waals surface area contributed by atoms with Gasteiger partial charge >= 0.3 is 12.2 Å². The molecule has 1 saturated carbocycles. The third-order valence-corrected chi connectivity index (χ3v) is 2.92. The molecule has 0 unspecified atom stereocenters. The first kappa shape index (κ1) is 14.6. The molecule has 0 heterocycles. The minimum Gasteiger partial charge on any atom is -0.450 e. The summed E-state index contributed by atoms with van der Waals surface area (Å²) >= 11 is 0. The van der Waals surface area contributed by atoms with Crippen LogP contribution in [0.2, 0.25) is 0 Å². The molecule has 0 aromatic carbocycles. The fraction of sp³-hybridized carbons (Fsp3) is 0.833. The average Bonchev–Trinajstić information content (AvgIpc) is 2.32. The second-order valence-electron chi connectivity index (χ2n) is 4.28. The monoisotopic (exact) mass is 258 g/mol. The van der Waals surface area contributed by atoms with Gasteiger partial charge < -0.3 is 20.1 Å². The molecule has 6 heteroatoms. The largest absolute Gasteiger partial charge is 0.450 e. The van der Waals surface area contributed by atoms with Gasteiger partial charge in [-0.15, -0.1) is 0 Å².